The normalized spacial score (nSPS) is 20.6. The second-order valence-corrected chi connectivity index (χ2v) is 6.28. The van der Waals surface area contributed by atoms with Crippen molar-refractivity contribution in [1.82, 2.24) is 14.7 Å². The number of piperazine rings is 1. The van der Waals surface area contributed by atoms with Gasteiger partial charge in [0.15, 0.2) is 0 Å². The van der Waals surface area contributed by atoms with Gasteiger partial charge in [0, 0.05) is 19.1 Å². The van der Waals surface area contributed by atoms with Crippen LogP contribution in [0.5, 0.6) is 0 Å². The molecule has 0 spiro atoms. The van der Waals surface area contributed by atoms with Gasteiger partial charge in [0.25, 0.3) is 5.91 Å². The van der Waals surface area contributed by atoms with Gasteiger partial charge in [0.1, 0.15) is 12.6 Å². The molecule has 0 N–H and O–H groups in total. The van der Waals surface area contributed by atoms with Crippen LogP contribution in [-0.2, 0) is 16.1 Å². The highest BCUT2D eigenvalue weighted by atomic mass is 16.6. The average molecular weight is 331 g/mol. The van der Waals surface area contributed by atoms with Crippen molar-refractivity contribution in [2.45, 2.75) is 32.5 Å². The monoisotopic (exact) mass is 331 g/mol. The summed E-state index contributed by atoms with van der Waals surface area (Å²) in [7, 11) is 0. The topological polar surface area (TPSA) is 70.2 Å². The number of benzene rings is 1. The van der Waals surface area contributed by atoms with E-state index in [1.165, 1.54) is 9.80 Å². The van der Waals surface area contributed by atoms with Crippen LogP contribution >= 0.6 is 0 Å². The van der Waals surface area contributed by atoms with Crippen LogP contribution in [-0.4, -0.2) is 64.4 Å². The molecule has 1 aromatic carbocycles. The molecule has 24 heavy (non-hydrogen) atoms. The number of hydrogen-bond acceptors (Lipinski definition) is 4. The first-order chi connectivity index (χ1) is 11.5. The molecular weight excluding hydrogens is 310 g/mol. The van der Waals surface area contributed by atoms with E-state index in [4.69, 9.17) is 4.74 Å². The molecule has 1 atom stereocenters. The van der Waals surface area contributed by atoms with E-state index in [-0.39, 0.29) is 31.1 Å². The van der Waals surface area contributed by atoms with Gasteiger partial charge in [-0.05, 0) is 19.4 Å². The highest BCUT2D eigenvalue weighted by molar-refractivity contribution is 6.05. The highest BCUT2D eigenvalue weighted by Gasteiger charge is 2.49. The molecule has 2 saturated heterocycles. The minimum atomic E-state index is -0.599. The van der Waals surface area contributed by atoms with Crippen molar-refractivity contribution in [3.05, 3.63) is 35.9 Å². The Hall–Kier alpha value is -2.57. The van der Waals surface area contributed by atoms with Gasteiger partial charge in [-0.15, -0.1) is 0 Å². The minimum absolute atomic E-state index is 0.182. The lowest BCUT2D eigenvalue weighted by molar-refractivity contribution is -0.130. The Kier molecular flexibility index (Phi) is 4.42. The molecule has 2 heterocycles. The van der Waals surface area contributed by atoms with E-state index in [1.54, 1.807) is 18.7 Å². The highest BCUT2D eigenvalue weighted by Crippen LogP contribution is 2.24. The van der Waals surface area contributed by atoms with Crippen LogP contribution in [0.4, 0.5) is 9.59 Å². The van der Waals surface area contributed by atoms with Gasteiger partial charge in [-0.3, -0.25) is 9.69 Å². The Morgan fingerprint density at radius 2 is 1.92 bits per heavy atom. The Bertz CT molecular complexity index is 646. The minimum Gasteiger partial charge on any atom is -0.445 e. The van der Waals surface area contributed by atoms with Crippen molar-refractivity contribution < 1.29 is 19.1 Å². The number of urea groups is 1. The molecular formula is C17H21N3O4. The van der Waals surface area contributed by atoms with Crippen LogP contribution in [0, 0.1) is 0 Å². The maximum Gasteiger partial charge on any atom is 0.410 e. The van der Waals surface area contributed by atoms with Crippen molar-refractivity contribution >= 4 is 18.0 Å². The van der Waals surface area contributed by atoms with Gasteiger partial charge in [0.2, 0.25) is 0 Å². The van der Waals surface area contributed by atoms with Crippen molar-refractivity contribution in [3.63, 3.8) is 0 Å². The number of hydrogen-bond donors (Lipinski definition) is 0. The number of nitrogens with zero attached hydrogens (tertiary/aromatic N) is 3. The first-order valence-electron chi connectivity index (χ1n) is 8.08. The predicted octanol–water partition coefficient (Wildman–Crippen LogP) is 1.68. The molecule has 1 unspecified atom stereocenters. The molecule has 0 aliphatic carbocycles. The summed E-state index contributed by atoms with van der Waals surface area (Å²) in [5.41, 5.74) is 0.905. The summed E-state index contributed by atoms with van der Waals surface area (Å²) in [6, 6.07) is 8.37. The largest absolute Gasteiger partial charge is 0.445 e. The molecule has 1 aromatic rings. The summed E-state index contributed by atoms with van der Waals surface area (Å²) < 4.78 is 5.31. The van der Waals surface area contributed by atoms with Crippen molar-refractivity contribution in [2.24, 2.45) is 0 Å². The Labute approximate surface area is 140 Å². The van der Waals surface area contributed by atoms with E-state index < -0.39 is 12.1 Å². The van der Waals surface area contributed by atoms with Crippen molar-refractivity contribution in [1.29, 1.82) is 0 Å². The zero-order chi connectivity index (χ0) is 17.3. The van der Waals surface area contributed by atoms with Crippen LogP contribution in [0.25, 0.3) is 0 Å². The molecule has 7 heteroatoms. The number of rotatable bonds is 3. The number of amides is 4. The molecule has 0 bridgehead atoms. The van der Waals surface area contributed by atoms with Crippen LogP contribution < -0.4 is 0 Å². The SMILES string of the molecule is CC(C)N1C(=O)C2CN(C(=O)OCc3ccccc3)CCN2C1=O. The molecule has 4 amide bonds. The second-order valence-electron chi connectivity index (χ2n) is 6.28. The zero-order valence-electron chi connectivity index (χ0n) is 13.8. The standard InChI is InChI=1S/C17H21N3O4/c1-12(2)20-15(21)14-10-18(8-9-19(14)16(20)22)17(23)24-11-13-6-4-3-5-7-13/h3-7,12,14H,8-11H2,1-2H3. The number of ether oxygens (including phenoxy) is 1. The smallest absolute Gasteiger partial charge is 0.410 e. The van der Waals surface area contributed by atoms with Gasteiger partial charge in [-0.1, -0.05) is 30.3 Å². The molecule has 0 saturated carbocycles. The third-order valence-electron chi connectivity index (χ3n) is 4.33. The molecule has 2 aliphatic heterocycles. The van der Waals surface area contributed by atoms with E-state index in [2.05, 4.69) is 0 Å². The fraction of sp³-hybridized carbons (Fsp3) is 0.471. The third-order valence-corrected chi connectivity index (χ3v) is 4.33. The fourth-order valence-corrected chi connectivity index (χ4v) is 3.07. The quantitative estimate of drug-likeness (QED) is 0.790. The van der Waals surface area contributed by atoms with E-state index in [0.717, 1.165) is 5.56 Å². The van der Waals surface area contributed by atoms with E-state index >= 15 is 0 Å². The molecule has 7 nitrogen and oxygen atoms in total. The Balaban J connectivity index is 1.61. The molecule has 0 radical (unpaired) electrons. The number of fused-ring (bicyclic) bond motifs is 1. The summed E-state index contributed by atoms with van der Waals surface area (Å²) in [6.07, 6.45) is -0.457. The predicted molar refractivity (Wildman–Crippen MR) is 86.1 cm³/mol. The van der Waals surface area contributed by atoms with Crippen LogP contribution in [0.1, 0.15) is 19.4 Å². The summed E-state index contributed by atoms with van der Waals surface area (Å²) in [5, 5.41) is 0. The van der Waals surface area contributed by atoms with E-state index in [9.17, 15) is 14.4 Å². The Morgan fingerprint density at radius 1 is 1.21 bits per heavy atom. The number of imide groups is 1. The average Bonchev–Trinajstić information content (AvgIpc) is 2.84. The summed E-state index contributed by atoms with van der Waals surface area (Å²) in [4.78, 5) is 41.2. The first-order valence-corrected chi connectivity index (χ1v) is 8.08. The van der Waals surface area contributed by atoms with Crippen molar-refractivity contribution in [2.75, 3.05) is 19.6 Å². The molecule has 0 aromatic heterocycles. The van der Waals surface area contributed by atoms with E-state index in [0.29, 0.717) is 13.1 Å². The number of carbonyl (C=O) groups excluding carboxylic acids is 3. The molecule has 2 aliphatic rings. The lowest BCUT2D eigenvalue weighted by Gasteiger charge is -2.34. The van der Waals surface area contributed by atoms with Gasteiger partial charge in [-0.2, -0.15) is 0 Å². The van der Waals surface area contributed by atoms with Gasteiger partial charge in [0.05, 0.1) is 6.54 Å². The van der Waals surface area contributed by atoms with E-state index in [1.807, 2.05) is 30.3 Å². The zero-order valence-corrected chi connectivity index (χ0v) is 13.8. The van der Waals surface area contributed by atoms with Crippen LogP contribution in [0.15, 0.2) is 30.3 Å². The van der Waals surface area contributed by atoms with Gasteiger partial charge in [-0.25, -0.2) is 9.59 Å². The maximum absolute atomic E-state index is 12.4. The molecule has 2 fully saturated rings. The molecule has 128 valence electrons. The lowest BCUT2D eigenvalue weighted by Crippen LogP contribution is -2.54. The Morgan fingerprint density at radius 3 is 2.58 bits per heavy atom. The van der Waals surface area contributed by atoms with Gasteiger partial charge >= 0.3 is 12.1 Å². The van der Waals surface area contributed by atoms with Gasteiger partial charge < -0.3 is 14.5 Å². The summed E-state index contributed by atoms with van der Waals surface area (Å²) >= 11 is 0. The maximum atomic E-state index is 12.4. The lowest BCUT2D eigenvalue weighted by atomic mass is 10.2. The second kappa shape index (κ2) is 6.51. The van der Waals surface area contributed by atoms with Crippen LogP contribution in [0.2, 0.25) is 0 Å². The summed E-state index contributed by atoms with van der Waals surface area (Å²) in [6.45, 7) is 4.70. The third kappa shape index (κ3) is 2.93. The number of carbonyl (C=O) groups is 3. The molecule has 3 rings (SSSR count). The van der Waals surface area contributed by atoms with Crippen LogP contribution in [0.3, 0.4) is 0 Å². The fourth-order valence-electron chi connectivity index (χ4n) is 3.07. The van der Waals surface area contributed by atoms with Crippen molar-refractivity contribution in [3.8, 4) is 0 Å². The first kappa shape index (κ1) is 16.3. The summed E-state index contributed by atoms with van der Waals surface area (Å²) in [5.74, 6) is -0.240.